The number of aromatic nitrogens is 2. The number of anilines is 2. The fourth-order valence-corrected chi connectivity index (χ4v) is 1.29. The van der Waals surface area contributed by atoms with Crippen LogP contribution in [0.3, 0.4) is 0 Å². The van der Waals surface area contributed by atoms with Crippen LogP contribution in [0.4, 0.5) is 11.8 Å². The minimum atomic E-state index is 0.0954. The highest BCUT2D eigenvalue weighted by atomic mass is 16.3. The molecule has 0 radical (unpaired) electrons. The van der Waals surface area contributed by atoms with E-state index in [1.165, 1.54) is 0 Å². The van der Waals surface area contributed by atoms with Crippen molar-refractivity contribution < 1.29 is 5.11 Å². The third-order valence-corrected chi connectivity index (χ3v) is 2.28. The summed E-state index contributed by atoms with van der Waals surface area (Å²) in [5, 5.41) is 12.1. The molecule has 0 spiro atoms. The summed E-state index contributed by atoms with van der Waals surface area (Å²) in [6, 6.07) is 1.84. The lowest BCUT2D eigenvalue weighted by molar-refractivity contribution is 0.303. The predicted molar refractivity (Wildman–Crippen MR) is 69.4 cm³/mol. The van der Waals surface area contributed by atoms with Gasteiger partial charge in [-0.3, -0.25) is 0 Å². The van der Waals surface area contributed by atoms with E-state index in [1.807, 2.05) is 32.1 Å². The summed E-state index contributed by atoms with van der Waals surface area (Å²) in [6.45, 7) is 2.41. The van der Waals surface area contributed by atoms with E-state index in [-0.39, 0.29) is 6.61 Å². The van der Waals surface area contributed by atoms with Gasteiger partial charge in [0.25, 0.3) is 0 Å². The highest BCUT2D eigenvalue weighted by molar-refractivity contribution is 5.40. The summed E-state index contributed by atoms with van der Waals surface area (Å²) in [5.74, 6) is 1.43. The average molecular weight is 239 g/mol. The Balaban J connectivity index is 2.53. The molecule has 0 atom stereocenters. The van der Waals surface area contributed by atoms with Crippen LogP contribution >= 0.6 is 0 Å². The summed E-state index contributed by atoms with van der Waals surface area (Å²) in [6.07, 6.45) is 1.72. The smallest absolute Gasteiger partial charge is 0.227 e. The summed E-state index contributed by atoms with van der Waals surface area (Å²) in [4.78, 5) is 12.4. The van der Waals surface area contributed by atoms with Gasteiger partial charge >= 0.3 is 0 Å². The van der Waals surface area contributed by atoms with Crippen LogP contribution in [0.2, 0.25) is 0 Å². The van der Waals surface area contributed by atoms with Crippen molar-refractivity contribution in [3.8, 4) is 0 Å². The second-order valence-electron chi connectivity index (χ2n) is 4.12. The van der Waals surface area contributed by atoms with Crippen molar-refractivity contribution in [3.05, 3.63) is 12.3 Å². The molecule has 17 heavy (non-hydrogen) atoms. The summed E-state index contributed by atoms with van der Waals surface area (Å²) in [7, 11) is 5.92. The van der Waals surface area contributed by atoms with E-state index in [0.717, 1.165) is 18.9 Å². The highest BCUT2D eigenvalue weighted by Crippen LogP contribution is 2.08. The van der Waals surface area contributed by atoms with Crippen molar-refractivity contribution in [1.82, 2.24) is 14.9 Å². The van der Waals surface area contributed by atoms with Crippen LogP contribution in [-0.4, -0.2) is 67.4 Å². The number of likely N-dealkylation sites (N-methyl/N-ethyl adjacent to an activating group) is 2. The van der Waals surface area contributed by atoms with Crippen molar-refractivity contribution in [1.29, 1.82) is 0 Å². The van der Waals surface area contributed by atoms with E-state index >= 15 is 0 Å². The molecule has 0 saturated heterocycles. The minimum absolute atomic E-state index is 0.0954. The van der Waals surface area contributed by atoms with Gasteiger partial charge in [-0.2, -0.15) is 4.98 Å². The fraction of sp³-hybridized carbons (Fsp3) is 0.636. The van der Waals surface area contributed by atoms with Gasteiger partial charge in [0, 0.05) is 32.9 Å². The standard InChI is InChI=1S/C11H21N5O/c1-15(2)7-6-12-10-4-5-13-11(14-10)16(3)8-9-17/h4-5,17H,6-9H2,1-3H3,(H,12,13,14). The van der Waals surface area contributed by atoms with Gasteiger partial charge in [-0.15, -0.1) is 0 Å². The zero-order valence-electron chi connectivity index (χ0n) is 10.7. The summed E-state index contributed by atoms with van der Waals surface area (Å²) in [5.41, 5.74) is 0. The first-order valence-electron chi connectivity index (χ1n) is 5.67. The molecule has 1 aromatic rings. The second kappa shape index (κ2) is 7.03. The molecule has 6 heteroatoms. The molecular formula is C11H21N5O. The predicted octanol–water partition coefficient (Wildman–Crippen LogP) is -0.121. The van der Waals surface area contributed by atoms with Gasteiger partial charge in [0.15, 0.2) is 0 Å². The van der Waals surface area contributed by atoms with Crippen LogP contribution < -0.4 is 10.2 Å². The van der Waals surface area contributed by atoms with Crippen molar-refractivity contribution in [2.24, 2.45) is 0 Å². The number of nitrogens with one attached hydrogen (secondary N) is 1. The van der Waals surface area contributed by atoms with Gasteiger partial charge in [-0.25, -0.2) is 4.98 Å². The van der Waals surface area contributed by atoms with E-state index in [2.05, 4.69) is 20.2 Å². The van der Waals surface area contributed by atoms with Gasteiger partial charge in [0.1, 0.15) is 5.82 Å². The molecule has 6 nitrogen and oxygen atoms in total. The Morgan fingerprint density at radius 1 is 1.29 bits per heavy atom. The Labute approximate surface area is 102 Å². The Hall–Kier alpha value is -1.40. The van der Waals surface area contributed by atoms with E-state index in [9.17, 15) is 0 Å². The quantitative estimate of drug-likeness (QED) is 0.691. The largest absolute Gasteiger partial charge is 0.395 e. The zero-order valence-corrected chi connectivity index (χ0v) is 10.7. The number of hydrogen-bond donors (Lipinski definition) is 2. The number of aliphatic hydroxyl groups is 1. The molecule has 0 saturated carbocycles. The number of aliphatic hydroxyl groups excluding tert-OH is 1. The fourth-order valence-electron chi connectivity index (χ4n) is 1.29. The van der Waals surface area contributed by atoms with Crippen LogP contribution in [-0.2, 0) is 0 Å². The van der Waals surface area contributed by atoms with E-state index in [0.29, 0.717) is 12.5 Å². The number of rotatable bonds is 7. The molecule has 0 aromatic carbocycles. The van der Waals surface area contributed by atoms with Gasteiger partial charge < -0.3 is 20.2 Å². The first-order chi connectivity index (χ1) is 8.13. The normalized spacial score (nSPS) is 10.6. The Morgan fingerprint density at radius 3 is 2.71 bits per heavy atom. The molecule has 96 valence electrons. The lowest BCUT2D eigenvalue weighted by Gasteiger charge is -2.16. The van der Waals surface area contributed by atoms with Crippen LogP contribution in [0.1, 0.15) is 0 Å². The number of nitrogens with zero attached hydrogens (tertiary/aromatic N) is 4. The molecule has 2 N–H and O–H groups in total. The highest BCUT2D eigenvalue weighted by Gasteiger charge is 2.04. The van der Waals surface area contributed by atoms with E-state index in [4.69, 9.17) is 5.11 Å². The van der Waals surface area contributed by atoms with Crippen LogP contribution in [0, 0.1) is 0 Å². The molecule has 0 unspecified atom stereocenters. The monoisotopic (exact) mass is 239 g/mol. The Morgan fingerprint density at radius 2 is 2.06 bits per heavy atom. The van der Waals surface area contributed by atoms with Crippen molar-refractivity contribution in [2.45, 2.75) is 0 Å². The molecule has 0 bridgehead atoms. The molecule has 0 aliphatic carbocycles. The maximum atomic E-state index is 8.85. The molecular weight excluding hydrogens is 218 g/mol. The van der Waals surface area contributed by atoms with Gasteiger partial charge in [-0.1, -0.05) is 0 Å². The molecule has 0 amide bonds. The van der Waals surface area contributed by atoms with E-state index < -0.39 is 0 Å². The molecule has 1 heterocycles. The third kappa shape index (κ3) is 4.97. The lowest BCUT2D eigenvalue weighted by atomic mass is 10.5. The molecule has 0 aliphatic rings. The van der Waals surface area contributed by atoms with Crippen LogP contribution in [0.15, 0.2) is 12.3 Å². The maximum absolute atomic E-state index is 8.85. The van der Waals surface area contributed by atoms with E-state index in [1.54, 1.807) is 6.20 Å². The lowest BCUT2D eigenvalue weighted by Crippen LogP contribution is -2.24. The molecule has 1 aromatic heterocycles. The molecule has 0 aliphatic heterocycles. The van der Waals surface area contributed by atoms with Crippen molar-refractivity contribution in [3.63, 3.8) is 0 Å². The summed E-state index contributed by atoms with van der Waals surface area (Å²) < 4.78 is 0. The summed E-state index contributed by atoms with van der Waals surface area (Å²) >= 11 is 0. The average Bonchev–Trinajstić information content (AvgIpc) is 2.29. The maximum Gasteiger partial charge on any atom is 0.227 e. The first-order valence-corrected chi connectivity index (χ1v) is 5.67. The Bertz CT molecular complexity index is 331. The van der Waals surface area contributed by atoms with Crippen LogP contribution in [0.5, 0.6) is 0 Å². The third-order valence-electron chi connectivity index (χ3n) is 2.28. The second-order valence-corrected chi connectivity index (χ2v) is 4.12. The van der Waals surface area contributed by atoms with Crippen molar-refractivity contribution in [2.75, 3.05) is 57.6 Å². The Kier molecular flexibility index (Phi) is 5.65. The van der Waals surface area contributed by atoms with Crippen LogP contribution in [0.25, 0.3) is 0 Å². The topological polar surface area (TPSA) is 64.5 Å². The molecule has 0 fully saturated rings. The van der Waals surface area contributed by atoms with Gasteiger partial charge in [0.05, 0.1) is 6.61 Å². The molecule has 1 rings (SSSR count). The van der Waals surface area contributed by atoms with Gasteiger partial charge in [0.2, 0.25) is 5.95 Å². The minimum Gasteiger partial charge on any atom is -0.395 e. The number of hydrogen-bond acceptors (Lipinski definition) is 6. The SMILES string of the molecule is CN(C)CCNc1ccnc(N(C)CCO)n1. The zero-order chi connectivity index (χ0) is 12.7. The van der Waals surface area contributed by atoms with Gasteiger partial charge in [-0.05, 0) is 20.2 Å². The first kappa shape index (κ1) is 13.7. The van der Waals surface area contributed by atoms with Crippen molar-refractivity contribution >= 4 is 11.8 Å².